The minimum atomic E-state index is -4.67. The Labute approximate surface area is 154 Å². The lowest BCUT2D eigenvalue weighted by molar-refractivity contribution is -0.0821. The molecule has 0 aliphatic heterocycles. The zero-order valence-corrected chi connectivity index (χ0v) is 15.9. The lowest BCUT2D eigenvalue weighted by atomic mass is 9.41. The second-order valence-electron chi connectivity index (χ2n) is 8.35. The molecule has 0 radical (unpaired) electrons. The third-order valence-electron chi connectivity index (χ3n) is 6.53. The van der Waals surface area contributed by atoms with Crippen molar-refractivity contribution in [1.82, 2.24) is 0 Å². The van der Waals surface area contributed by atoms with Crippen LogP contribution in [0.25, 0.3) is 0 Å². The van der Waals surface area contributed by atoms with Crippen LogP contribution in [0.2, 0.25) is 5.02 Å². The molecule has 25 heavy (non-hydrogen) atoms. The van der Waals surface area contributed by atoms with Gasteiger partial charge in [0.05, 0.1) is 0 Å². The first-order valence-electron chi connectivity index (χ1n) is 8.73. The van der Waals surface area contributed by atoms with Gasteiger partial charge in [-0.1, -0.05) is 23.7 Å². The highest BCUT2D eigenvalue weighted by Crippen LogP contribution is 2.66. The van der Waals surface area contributed by atoms with Crippen LogP contribution in [0, 0.1) is 17.3 Å². The second-order valence-corrected chi connectivity index (χ2v) is 9.68. The summed E-state index contributed by atoms with van der Waals surface area (Å²) in [4.78, 5) is 0. The summed E-state index contributed by atoms with van der Waals surface area (Å²) in [6.45, 7) is 2.24. The van der Waals surface area contributed by atoms with Crippen LogP contribution in [0.15, 0.2) is 24.3 Å². The maximum absolute atomic E-state index is 8.74. The van der Waals surface area contributed by atoms with Crippen LogP contribution < -0.4 is 5.73 Å². The van der Waals surface area contributed by atoms with E-state index in [0.717, 1.165) is 16.9 Å². The van der Waals surface area contributed by atoms with Gasteiger partial charge in [0.2, 0.25) is 0 Å². The molecule has 0 aromatic heterocycles. The third kappa shape index (κ3) is 4.03. The molecular weight excluding hydrogens is 362 g/mol. The summed E-state index contributed by atoms with van der Waals surface area (Å²) in [5.41, 5.74) is 8.74. The zero-order chi connectivity index (χ0) is 18.5. The molecule has 4 aliphatic rings. The number of rotatable bonds is 2. The Bertz CT molecular complexity index is 710. The highest BCUT2D eigenvalue weighted by molar-refractivity contribution is 7.79. The van der Waals surface area contributed by atoms with Crippen molar-refractivity contribution < 1.29 is 17.5 Å². The Balaban J connectivity index is 0.000000324. The zero-order valence-electron chi connectivity index (χ0n) is 14.4. The van der Waals surface area contributed by atoms with Gasteiger partial charge >= 0.3 is 10.4 Å². The number of hydrogen-bond donors (Lipinski definition) is 3. The molecule has 140 valence electrons. The van der Waals surface area contributed by atoms with Gasteiger partial charge in [-0.3, -0.25) is 9.11 Å². The molecule has 1 aromatic carbocycles. The normalized spacial score (nSPS) is 37.3. The molecule has 4 bridgehead atoms. The SMILES string of the molecule is CC(N)C12CC3CC(CC(c4ccc(Cl)cc4)(C3)C1)C2.O=S(=O)(O)O. The molecule has 1 aromatic rings. The van der Waals surface area contributed by atoms with E-state index in [1.54, 1.807) is 0 Å². The van der Waals surface area contributed by atoms with E-state index >= 15 is 0 Å². The molecule has 5 rings (SSSR count). The standard InChI is InChI=1S/C18H24ClN.H2O4S/c1-12(20)17-7-13-6-14(8-17)10-18(9-13,11-17)15-2-4-16(19)5-3-15;1-5(2,3)4/h2-5,12-14H,6-11,20H2,1H3;(H2,1,2,3,4). The Morgan fingerprint density at radius 1 is 1.12 bits per heavy atom. The van der Waals surface area contributed by atoms with E-state index in [1.807, 2.05) is 0 Å². The van der Waals surface area contributed by atoms with Crippen molar-refractivity contribution in [3.63, 3.8) is 0 Å². The minimum absolute atomic E-state index is 0.333. The molecule has 4 saturated carbocycles. The molecule has 0 saturated heterocycles. The molecule has 0 spiro atoms. The van der Waals surface area contributed by atoms with Gasteiger partial charge in [-0.2, -0.15) is 8.42 Å². The molecule has 3 unspecified atom stereocenters. The van der Waals surface area contributed by atoms with Gasteiger partial charge in [0, 0.05) is 11.1 Å². The summed E-state index contributed by atoms with van der Waals surface area (Å²) in [7, 11) is -4.67. The van der Waals surface area contributed by atoms with Gasteiger partial charge in [0.25, 0.3) is 0 Å². The summed E-state index contributed by atoms with van der Waals surface area (Å²) >= 11 is 6.08. The van der Waals surface area contributed by atoms with Gasteiger partial charge in [0.15, 0.2) is 0 Å². The molecule has 5 nitrogen and oxygen atoms in total. The predicted molar refractivity (Wildman–Crippen MR) is 98.1 cm³/mol. The van der Waals surface area contributed by atoms with Crippen LogP contribution in [-0.2, 0) is 15.8 Å². The second kappa shape index (κ2) is 6.50. The largest absolute Gasteiger partial charge is 0.394 e. The van der Waals surface area contributed by atoms with Crippen molar-refractivity contribution in [2.75, 3.05) is 0 Å². The van der Waals surface area contributed by atoms with E-state index in [1.165, 1.54) is 44.1 Å². The average molecular weight is 388 g/mol. The summed E-state index contributed by atoms with van der Waals surface area (Å²) in [5.74, 6) is 1.80. The van der Waals surface area contributed by atoms with E-state index < -0.39 is 10.4 Å². The first-order valence-corrected chi connectivity index (χ1v) is 10.5. The first kappa shape index (κ1) is 19.1. The highest BCUT2D eigenvalue weighted by Gasteiger charge is 2.59. The molecule has 4 aliphatic carbocycles. The van der Waals surface area contributed by atoms with Gasteiger partial charge in [0.1, 0.15) is 0 Å². The maximum atomic E-state index is 8.74. The van der Waals surface area contributed by atoms with Crippen LogP contribution in [0.3, 0.4) is 0 Å². The number of hydrogen-bond acceptors (Lipinski definition) is 3. The summed E-state index contributed by atoms with van der Waals surface area (Å²) in [6, 6.07) is 9.00. The van der Waals surface area contributed by atoms with E-state index in [4.69, 9.17) is 34.9 Å². The van der Waals surface area contributed by atoms with Crippen molar-refractivity contribution in [3.8, 4) is 0 Å². The van der Waals surface area contributed by atoms with E-state index in [0.29, 0.717) is 16.9 Å². The van der Waals surface area contributed by atoms with Crippen molar-refractivity contribution in [2.24, 2.45) is 23.0 Å². The molecule has 7 heteroatoms. The quantitative estimate of drug-likeness (QED) is 0.668. The van der Waals surface area contributed by atoms with Crippen LogP contribution in [0.5, 0.6) is 0 Å². The Morgan fingerprint density at radius 3 is 2.04 bits per heavy atom. The molecule has 4 fully saturated rings. The number of benzene rings is 1. The predicted octanol–water partition coefficient (Wildman–Crippen LogP) is 3.87. The summed E-state index contributed by atoms with van der Waals surface area (Å²) in [5, 5.41) is 0.848. The topological polar surface area (TPSA) is 101 Å². The average Bonchev–Trinajstić information content (AvgIpc) is 2.44. The fraction of sp³-hybridized carbons (Fsp3) is 0.667. The van der Waals surface area contributed by atoms with Crippen LogP contribution in [-0.4, -0.2) is 23.6 Å². The monoisotopic (exact) mass is 387 g/mol. The smallest absolute Gasteiger partial charge is 0.327 e. The van der Waals surface area contributed by atoms with Crippen LogP contribution in [0.1, 0.15) is 51.0 Å². The lowest BCUT2D eigenvalue weighted by Crippen LogP contribution is -2.59. The van der Waals surface area contributed by atoms with Crippen molar-refractivity contribution in [3.05, 3.63) is 34.9 Å². The van der Waals surface area contributed by atoms with Crippen LogP contribution >= 0.6 is 11.6 Å². The summed E-state index contributed by atoms with van der Waals surface area (Å²) in [6.07, 6.45) is 8.24. The molecule has 0 amide bonds. The van der Waals surface area contributed by atoms with E-state index in [9.17, 15) is 0 Å². The van der Waals surface area contributed by atoms with E-state index in [2.05, 4.69) is 31.2 Å². The molecular formula is C18H26ClNO4S. The van der Waals surface area contributed by atoms with Gasteiger partial charge in [-0.15, -0.1) is 0 Å². The molecule has 0 heterocycles. The molecule has 4 N–H and O–H groups in total. The Hall–Kier alpha value is -0.660. The molecule has 3 atom stereocenters. The van der Waals surface area contributed by atoms with Gasteiger partial charge < -0.3 is 5.73 Å². The van der Waals surface area contributed by atoms with Crippen molar-refractivity contribution in [1.29, 1.82) is 0 Å². The van der Waals surface area contributed by atoms with Crippen molar-refractivity contribution >= 4 is 22.0 Å². The minimum Gasteiger partial charge on any atom is -0.327 e. The fourth-order valence-electron chi connectivity index (χ4n) is 6.01. The van der Waals surface area contributed by atoms with Gasteiger partial charge in [-0.25, -0.2) is 0 Å². The maximum Gasteiger partial charge on any atom is 0.394 e. The summed E-state index contributed by atoms with van der Waals surface area (Å²) < 4.78 is 31.6. The lowest BCUT2D eigenvalue weighted by Gasteiger charge is -2.63. The third-order valence-corrected chi connectivity index (χ3v) is 6.78. The Kier molecular flexibility index (Phi) is 4.97. The number of nitrogens with two attached hydrogens (primary N) is 1. The highest BCUT2D eigenvalue weighted by atomic mass is 35.5. The van der Waals surface area contributed by atoms with Crippen molar-refractivity contribution in [2.45, 2.75) is 56.9 Å². The van der Waals surface area contributed by atoms with Gasteiger partial charge in [-0.05, 0) is 85.8 Å². The Morgan fingerprint density at radius 2 is 1.60 bits per heavy atom. The first-order chi connectivity index (χ1) is 11.5. The fourth-order valence-corrected chi connectivity index (χ4v) is 6.13. The van der Waals surface area contributed by atoms with Crippen LogP contribution in [0.4, 0.5) is 0 Å². The van der Waals surface area contributed by atoms with E-state index in [-0.39, 0.29) is 0 Å². The number of halogens is 1.